The molecule has 5 rings (SSSR count). The van der Waals surface area contributed by atoms with Crippen molar-refractivity contribution in [3.05, 3.63) is 131 Å². The number of carbonyl (C=O) groups is 3. The Morgan fingerprint density at radius 2 is 1.57 bits per heavy atom. The minimum Gasteiger partial charge on any atom is -0.497 e. The molecule has 47 heavy (non-hydrogen) atoms. The van der Waals surface area contributed by atoms with Gasteiger partial charge < -0.3 is 20.1 Å². The minimum atomic E-state index is -0.616. The summed E-state index contributed by atoms with van der Waals surface area (Å²) in [4.78, 5) is 41.0. The second-order valence-electron chi connectivity index (χ2n) is 9.99. The van der Waals surface area contributed by atoms with Gasteiger partial charge in [-0.2, -0.15) is 0 Å². The SMILES string of the molecule is COc1ccc(/C=C(/NC(=O)c2ccccc2)C(=O)Nc2cccc(SC(C(=O)Nc3nnc(C)s3)c3ccccc3)c2)c(OC)c1. The fourth-order valence-corrected chi connectivity index (χ4v) is 6.11. The van der Waals surface area contributed by atoms with E-state index < -0.39 is 17.1 Å². The summed E-state index contributed by atoms with van der Waals surface area (Å²) in [6, 6.07) is 30.3. The molecule has 0 aliphatic carbocycles. The average molecular weight is 666 g/mol. The normalized spacial score (nSPS) is 11.7. The summed E-state index contributed by atoms with van der Waals surface area (Å²) in [7, 11) is 3.05. The molecule has 4 aromatic carbocycles. The molecule has 1 atom stereocenters. The van der Waals surface area contributed by atoms with E-state index in [1.54, 1.807) is 73.8 Å². The van der Waals surface area contributed by atoms with Gasteiger partial charge in [0, 0.05) is 27.8 Å². The minimum absolute atomic E-state index is 0.00531. The summed E-state index contributed by atoms with van der Waals surface area (Å²) in [6.07, 6.45) is 1.54. The molecule has 1 aromatic heterocycles. The summed E-state index contributed by atoms with van der Waals surface area (Å²) >= 11 is 2.62. The van der Waals surface area contributed by atoms with Gasteiger partial charge in [-0.15, -0.1) is 22.0 Å². The second-order valence-corrected chi connectivity index (χ2v) is 12.4. The zero-order valence-corrected chi connectivity index (χ0v) is 27.4. The van der Waals surface area contributed by atoms with E-state index in [1.807, 2.05) is 43.3 Å². The summed E-state index contributed by atoms with van der Waals surface area (Å²) in [5.74, 6) is -0.233. The lowest BCUT2D eigenvalue weighted by Gasteiger charge is -2.17. The van der Waals surface area contributed by atoms with Crippen LogP contribution in [0, 0.1) is 6.92 Å². The number of anilines is 2. The van der Waals surface area contributed by atoms with Gasteiger partial charge in [0.05, 0.1) is 14.2 Å². The van der Waals surface area contributed by atoms with E-state index in [-0.39, 0.29) is 11.6 Å². The van der Waals surface area contributed by atoms with Gasteiger partial charge in [-0.25, -0.2) is 0 Å². The third kappa shape index (κ3) is 8.84. The Kier molecular flexibility index (Phi) is 11.0. The van der Waals surface area contributed by atoms with E-state index in [2.05, 4.69) is 26.1 Å². The maximum atomic E-state index is 13.7. The fourth-order valence-electron chi connectivity index (χ4n) is 4.44. The number of benzene rings is 4. The largest absolute Gasteiger partial charge is 0.497 e. The van der Waals surface area contributed by atoms with Gasteiger partial charge >= 0.3 is 0 Å². The molecular formula is C35H31N5O5S2. The maximum Gasteiger partial charge on any atom is 0.272 e. The number of nitrogens with zero attached hydrogens (tertiary/aromatic N) is 2. The predicted molar refractivity (Wildman–Crippen MR) is 185 cm³/mol. The third-order valence-corrected chi connectivity index (χ3v) is 8.71. The molecule has 3 amide bonds. The number of aromatic nitrogens is 2. The van der Waals surface area contributed by atoms with Gasteiger partial charge in [-0.05, 0) is 61.0 Å². The Morgan fingerprint density at radius 1 is 0.830 bits per heavy atom. The molecule has 0 saturated heterocycles. The van der Waals surface area contributed by atoms with Crippen LogP contribution >= 0.6 is 23.1 Å². The van der Waals surface area contributed by atoms with E-state index in [0.29, 0.717) is 33.4 Å². The number of hydrogen-bond donors (Lipinski definition) is 3. The van der Waals surface area contributed by atoms with Crippen LogP contribution in [-0.4, -0.2) is 42.1 Å². The van der Waals surface area contributed by atoms with E-state index in [4.69, 9.17) is 9.47 Å². The zero-order valence-electron chi connectivity index (χ0n) is 25.7. The van der Waals surface area contributed by atoms with Crippen molar-refractivity contribution in [3.63, 3.8) is 0 Å². The van der Waals surface area contributed by atoms with Crippen LogP contribution in [0.3, 0.4) is 0 Å². The molecule has 0 saturated carbocycles. The predicted octanol–water partition coefficient (Wildman–Crippen LogP) is 6.75. The van der Waals surface area contributed by atoms with E-state index in [9.17, 15) is 14.4 Å². The van der Waals surface area contributed by atoms with Crippen LogP contribution < -0.4 is 25.4 Å². The first-order chi connectivity index (χ1) is 22.8. The highest BCUT2D eigenvalue weighted by Crippen LogP contribution is 2.37. The monoisotopic (exact) mass is 665 g/mol. The highest BCUT2D eigenvalue weighted by atomic mass is 32.2. The van der Waals surface area contributed by atoms with E-state index >= 15 is 0 Å². The Morgan fingerprint density at radius 3 is 2.26 bits per heavy atom. The molecule has 10 nitrogen and oxygen atoms in total. The number of ether oxygens (including phenoxy) is 2. The van der Waals surface area contributed by atoms with Crippen LogP contribution in [0.2, 0.25) is 0 Å². The van der Waals surface area contributed by atoms with Crippen LogP contribution in [0.15, 0.2) is 114 Å². The molecule has 12 heteroatoms. The van der Waals surface area contributed by atoms with Crippen LogP contribution in [-0.2, 0) is 9.59 Å². The van der Waals surface area contributed by atoms with Crippen LogP contribution in [0.5, 0.6) is 11.5 Å². The van der Waals surface area contributed by atoms with Crippen molar-refractivity contribution in [2.24, 2.45) is 0 Å². The molecular weight excluding hydrogens is 635 g/mol. The van der Waals surface area contributed by atoms with Gasteiger partial charge in [-0.1, -0.05) is 65.9 Å². The van der Waals surface area contributed by atoms with Gasteiger partial charge in [0.15, 0.2) is 0 Å². The number of methoxy groups -OCH3 is 2. The van der Waals surface area contributed by atoms with Crippen molar-refractivity contribution >= 4 is 57.7 Å². The molecule has 0 fully saturated rings. The van der Waals surface area contributed by atoms with Gasteiger partial charge in [0.1, 0.15) is 27.5 Å². The molecule has 238 valence electrons. The first kappa shape index (κ1) is 32.9. The summed E-state index contributed by atoms with van der Waals surface area (Å²) in [5.41, 5.74) is 2.20. The molecule has 3 N–H and O–H groups in total. The van der Waals surface area contributed by atoms with Gasteiger partial charge in [0.2, 0.25) is 11.0 Å². The van der Waals surface area contributed by atoms with Crippen molar-refractivity contribution < 1.29 is 23.9 Å². The highest BCUT2D eigenvalue weighted by molar-refractivity contribution is 8.00. The Labute approximate surface area is 280 Å². The lowest BCUT2D eigenvalue weighted by Crippen LogP contribution is -2.30. The van der Waals surface area contributed by atoms with Crippen LogP contribution in [0.1, 0.15) is 31.7 Å². The van der Waals surface area contributed by atoms with Crippen molar-refractivity contribution in [2.75, 3.05) is 24.9 Å². The third-order valence-electron chi connectivity index (χ3n) is 6.71. The van der Waals surface area contributed by atoms with Crippen molar-refractivity contribution in [2.45, 2.75) is 17.1 Å². The average Bonchev–Trinajstić information content (AvgIpc) is 3.51. The quantitative estimate of drug-likeness (QED) is 0.0986. The van der Waals surface area contributed by atoms with E-state index in [1.165, 1.54) is 36.3 Å². The van der Waals surface area contributed by atoms with Crippen molar-refractivity contribution in [1.82, 2.24) is 15.5 Å². The molecule has 0 aliphatic rings. The second kappa shape index (κ2) is 15.7. The molecule has 1 unspecified atom stereocenters. The number of carbonyl (C=O) groups excluding carboxylic acids is 3. The highest BCUT2D eigenvalue weighted by Gasteiger charge is 2.24. The topological polar surface area (TPSA) is 132 Å². The maximum absolute atomic E-state index is 13.7. The Balaban J connectivity index is 1.40. The van der Waals surface area contributed by atoms with Crippen LogP contribution in [0.25, 0.3) is 6.08 Å². The first-order valence-electron chi connectivity index (χ1n) is 14.4. The lowest BCUT2D eigenvalue weighted by molar-refractivity contribution is -0.116. The lowest BCUT2D eigenvalue weighted by atomic mass is 10.1. The van der Waals surface area contributed by atoms with Gasteiger partial charge in [-0.3, -0.25) is 19.7 Å². The summed E-state index contributed by atoms with van der Waals surface area (Å²) in [5, 5.41) is 17.0. The fraction of sp³-hybridized carbons (Fsp3) is 0.114. The van der Waals surface area contributed by atoms with Crippen molar-refractivity contribution in [1.29, 1.82) is 0 Å². The smallest absolute Gasteiger partial charge is 0.272 e. The number of thioether (sulfide) groups is 1. The number of amides is 3. The summed E-state index contributed by atoms with van der Waals surface area (Å²) < 4.78 is 10.8. The molecule has 0 spiro atoms. The van der Waals surface area contributed by atoms with Crippen molar-refractivity contribution in [3.8, 4) is 11.5 Å². The number of aryl methyl sites for hydroxylation is 1. The number of hydrogen-bond acceptors (Lipinski definition) is 9. The Hall–Kier alpha value is -5.46. The molecule has 0 bridgehead atoms. The number of nitrogens with one attached hydrogen (secondary N) is 3. The summed E-state index contributed by atoms with van der Waals surface area (Å²) in [6.45, 7) is 1.82. The Bertz CT molecular complexity index is 1900. The molecule has 0 aliphatic heterocycles. The molecule has 5 aromatic rings. The number of rotatable bonds is 12. The first-order valence-corrected chi connectivity index (χ1v) is 16.1. The molecule has 1 heterocycles. The zero-order chi connectivity index (χ0) is 33.2. The molecule has 0 radical (unpaired) electrons. The van der Waals surface area contributed by atoms with Gasteiger partial charge in [0.25, 0.3) is 11.8 Å². The van der Waals surface area contributed by atoms with Crippen LogP contribution in [0.4, 0.5) is 10.8 Å². The standard InChI is InChI=1S/C35H31N5O5S2/c1-22-39-40-35(46-22)38-34(43)31(23-11-6-4-7-12-23)47-28-16-10-15-26(20-28)36-33(42)29(37-32(41)24-13-8-5-9-14-24)19-25-17-18-27(44-2)21-30(25)45-3/h4-21,31H,1-3H3,(H,36,42)(H,37,41)(H,38,40,43)/b29-19+. The van der Waals surface area contributed by atoms with E-state index in [0.717, 1.165) is 15.5 Å².